The molecule has 1 heterocycles. The summed E-state index contributed by atoms with van der Waals surface area (Å²) in [7, 11) is 0. The molecule has 126 valence electrons. The van der Waals surface area contributed by atoms with Crippen LogP contribution in [0.2, 0.25) is 0 Å². The highest BCUT2D eigenvalue weighted by Gasteiger charge is 2.30. The van der Waals surface area contributed by atoms with E-state index in [1.807, 2.05) is 0 Å². The molecule has 1 aliphatic rings. The maximum Gasteiger partial charge on any atom is 0.257 e. The Labute approximate surface area is 129 Å². The Kier molecular flexibility index (Phi) is 4.88. The molecule has 0 radical (unpaired) electrons. The first-order valence-corrected chi connectivity index (χ1v) is 6.83. The summed E-state index contributed by atoms with van der Waals surface area (Å²) >= 11 is 0. The third-order valence-electron chi connectivity index (χ3n) is 3.57. The molecule has 0 bridgehead atoms. The first kappa shape index (κ1) is 17.2. The minimum Gasteiger partial charge on any atom is -0.384 e. The lowest BCUT2D eigenvalue weighted by molar-refractivity contribution is -0.140. The zero-order valence-corrected chi connectivity index (χ0v) is 12.2. The number of hydrogen-bond acceptors (Lipinski definition) is 3. The van der Waals surface area contributed by atoms with E-state index >= 15 is 0 Å². The average molecular weight is 334 g/mol. The van der Waals surface area contributed by atoms with E-state index in [2.05, 4.69) is 0 Å². The van der Waals surface area contributed by atoms with Gasteiger partial charge in [-0.05, 0) is 13.0 Å². The third-order valence-corrected chi connectivity index (χ3v) is 3.57. The molecule has 1 aromatic carbocycles. The molecule has 0 aliphatic carbocycles. The Morgan fingerprint density at radius 3 is 2.04 bits per heavy atom. The molecule has 1 aromatic rings. The molecule has 1 atom stereocenters. The summed E-state index contributed by atoms with van der Waals surface area (Å²) in [6.45, 7) is 1.47. The molecular formula is C14H14F4N2O3. The number of halogens is 4. The van der Waals surface area contributed by atoms with Crippen LogP contribution >= 0.6 is 0 Å². The number of benzene rings is 1. The normalized spacial score (nSPS) is 16.4. The van der Waals surface area contributed by atoms with Crippen molar-refractivity contribution in [2.45, 2.75) is 13.0 Å². The molecule has 1 fully saturated rings. The van der Waals surface area contributed by atoms with Gasteiger partial charge in [0.05, 0.1) is 5.56 Å². The molecule has 0 aromatic heterocycles. The number of rotatable bonds is 2. The Bertz CT molecular complexity index is 643. The second-order valence-electron chi connectivity index (χ2n) is 5.14. The van der Waals surface area contributed by atoms with Crippen LogP contribution in [0.5, 0.6) is 0 Å². The lowest BCUT2D eigenvalue weighted by atomic mass is 10.1. The van der Waals surface area contributed by atoms with Gasteiger partial charge >= 0.3 is 0 Å². The maximum absolute atomic E-state index is 13.6. The SMILES string of the molecule is CC(O)C(=O)N1CCN(C(=O)c2cc(F)c(F)c(F)c2F)CC1. The summed E-state index contributed by atoms with van der Waals surface area (Å²) in [6.07, 6.45) is -1.19. The second kappa shape index (κ2) is 6.53. The fourth-order valence-electron chi connectivity index (χ4n) is 2.29. The van der Waals surface area contributed by atoms with E-state index in [4.69, 9.17) is 0 Å². The van der Waals surface area contributed by atoms with Crippen molar-refractivity contribution in [1.82, 2.24) is 9.80 Å². The Morgan fingerprint density at radius 2 is 1.52 bits per heavy atom. The van der Waals surface area contributed by atoms with Gasteiger partial charge in [0.15, 0.2) is 23.3 Å². The quantitative estimate of drug-likeness (QED) is 0.497. The van der Waals surface area contributed by atoms with Gasteiger partial charge in [0.25, 0.3) is 11.8 Å². The van der Waals surface area contributed by atoms with Crippen LogP contribution in [-0.2, 0) is 4.79 Å². The van der Waals surface area contributed by atoms with E-state index in [1.165, 1.54) is 11.8 Å². The molecule has 0 spiro atoms. The monoisotopic (exact) mass is 334 g/mol. The van der Waals surface area contributed by atoms with Gasteiger partial charge < -0.3 is 14.9 Å². The van der Waals surface area contributed by atoms with Crippen molar-refractivity contribution >= 4 is 11.8 Å². The van der Waals surface area contributed by atoms with E-state index < -0.39 is 46.8 Å². The average Bonchev–Trinajstić information content (AvgIpc) is 2.55. The summed E-state index contributed by atoms with van der Waals surface area (Å²) in [4.78, 5) is 26.1. The van der Waals surface area contributed by atoms with Crippen LogP contribution in [0.25, 0.3) is 0 Å². The molecule has 5 nitrogen and oxygen atoms in total. The second-order valence-corrected chi connectivity index (χ2v) is 5.14. The lowest BCUT2D eigenvalue weighted by Gasteiger charge is -2.35. The van der Waals surface area contributed by atoms with E-state index in [9.17, 15) is 32.3 Å². The summed E-state index contributed by atoms with van der Waals surface area (Å²) in [5, 5.41) is 9.21. The topological polar surface area (TPSA) is 60.9 Å². The van der Waals surface area contributed by atoms with Gasteiger partial charge in [0.1, 0.15) is 6.10 Å². The van der Waals surface area contributed by atoms with Crippen LogP contribution in [0.4, 0.5) is 17.6 Å². The smallest absolute Gasteiger partial charge is 0.257 e. The highest BCUT2D eigenvalue weighted by atomic mass is 19.2. The summed E-state index contributed by atoms with van der Waals surface area (Å²) < 4.78 is 52.9. The maximum atomic E-state index is 13.6. The van der Waals surface area contributed by atoms with Gasteiger partial charge in [0.2, 0.25) is 0 Å². The summed E-state index contributed by atoms with van der Waals surface area (Å²) in [6, 6.07) is 0.309. The summed E-state index contributed by atoms with van der Waals surface area (Å²) in [5.74, 6) is -8.94. The first-order chi connectivity index (χ1) is 10.7. The first-order valence-electron chi connectivity index (χ1n) is 6.83. The van der Waals surface area contributed by atoms with Crippen LogP contribution in [0, 0.1) is 23.3 Å². The van der Waals surface area contributed by atoms with E-state index in [0.29, 0.717) is 6.07 Å². The van der Waals surface area contributed by atoms with Gasteiger partial charge in [-0.15, -0.1) is 0 Å². The van der Waals surface area contributed by atoms with E-state index in [-0.39, 0.29) is 26.2 Å². The van der Waals surface area contributed by atoms with Gasteiger partial charge in [-0.25, -0.2) is 17.6 Å². The molecule has 1 unspecified atom stereocenters. The Morgan fingerprint density at radius 1 is 1.00 bits per heavy atom. The van der Waals surface area contributed by atoms with Crippen LogP contribution in [-0.4, -0.2) is 59.0 Å². The molecule has 9 heteroatoms. The van der Waals surface area contributed by atoms with Crippen molar-refractivity contribution in [2.75, 3.05) is 26.2 Å². The highest BCUT2D eigenvalue weighted by Crippen LogP contribution is 2.20. The van der Waals surface area contributed by atoms with Crippen molar-refractivity contribution < 1.29 is 32.3 Å². The Balaban J connectivity index is 2.13. The van der Waals surface area contributed by atoms with Crippen LogP contribution < -0.4 is 0 Å². The molecule has 23 heavy (non-hydrogen) atoms. The Hall–Kier alpha value is -2.16. The van der Waals surface area contributed by atoms with Gasteiger partial charge in [-0.1, -0.05) is 0 Å². The molecule has 1 N–H and O–H groups in total. The number of aliphatic hydroxyl groups is 1. The standard InChI is InChI=1S/C14H14F4N2O3/c1-7(21)13(22)19-2-4-20(5-3-19)14(23)8-6-9(15)11(17)12(18)10(8)16/h6-7,21H,2-5H2,1H3. The minimum absolute atomic E-state index is 0.00263. The lowest BCUT2D eigenvalue weighted by Crippen LogP contribution is -2.52. The van der Waals surface area contributed by atoms with Gasteiger partial charge in [-0.2, -0.15) is 0 Å². The summed E-state index contributed by atoms with van der Waals surface area (Å²) in [5.41, 5.74) is -0.906. The zero-order valence-electron chi connectivity index (χ0n) is 12.2. The number of aliphatic hydroxyl groups excluding tert-OH is 1. The predicted molar refractivity (Wildman–Crippen MR) is 70.4 cm³/mol. The number of carbonyl (C=O) groups is 2. The molecule has 1 aliphatic heterocycles. The number of hydrogen-bond donors (Lipinski definition) is 1. The van der Waals surface area contributed by atoms with Crippen LogP contribution in [0.15, 0.2) is 6.07 Å². The number of piperazine rings is 1. The molecule has 1 saturated heterocycles. The fraction of sp³-hybridized carbons (Fsp3) is 0.429. The molecular weight excluding hydrogens is 320 g/mol. The van der Waals surface area contributed by atoms with Crippen molar-refractivity contribution in [2.24, 2.45) is 0 Å². The molecule has 0 saturated carbocycles. The van der Waals surface area contributed by atoms with E-state index in [1.54, 1.807) is 0 Å². The van der Waals surface area contributed by atoms with E-state index in [0.717, 1.165) is 4.90 Å². The number of carbonyl (C=O) groups excluding carboxylic acids is 2. The number of amides is 2. The fourth-order valence-corrected chi connectivity index (χ4v) is 2.29. The number of nitrogens with zero attached hydrogens (tertiary/aromatic N) is 2. The van der Waals surface area contributed by atoms with Crippen LogP contribution in [0.1, 0.15) is 17.3 Å². The third kappa shape index (κ3) is 3.29. The zero-order chi connectivity index (χ0) is 17.3. The van der Waals surface area contributed by atoms with Crippen molar-refractivity contribution in [3.05, 3.63) is 34.9 Å². The van der Waals surface area contributed by atoms with Crippen molar-refractivity contribution in [3.63, 3.8) is 0 Å². The van der Waals surface area contributed by atoms with Crippen molar-refractivity contribution in [1.29, 1.82) is 0 Å². The molecule has 2 rings (SSSR count). The predicted octanol–water partition coefficient (Wildman–Crippen LogP) is 0.908. The van der Waals surface area contributed by atoms with Gasteiger partial charge in [-0.3, -0.25) is 9.59 Å². The largest absolute Gasteiger partial charge is 0.384 e. The molecule has 2 amide bonds. The van der Waals surface area contributed by atoms with Crippen LogP contribution in [0.3, 0.4) is 0 Å². The highest BCUT2D eigenvalue weighted by molar-refractivity contribution is 5.94. The van der Waals surface area contributed by atoms with Gasteiger partial charge in [0, 0.05) is 26.2 Å². The van der Waals surface area contributed by atoms with Crippen molar-refractivity contribution in [3.8, 4) is 0 Å². The minimum atomic E-state index is -2.05.